The number of hydrogen-bond donors (Lipinski definition) is 0. The Balaban J connectivity index is 1.57. The van der Waals surface area contributed by atoms with Gasteiger partial charge in [0.15, 0.2) is 0 Å². The van der Waals surface area contributed by atoms with E-state index in [9.17, 15) is 0 Å². The van der Waals surface area contributed by atoms with Gasteiger partial charge in [-0.1, -0.05) is 94.8 Å². The third kappa shape index (κ3) is 3.24. The highest BCUT2D eigenvalue weighted by Crippen LogP contribution is 2.35. The number of para-hydroxylation sites is 2. The Morgan fingerprint density at radius 1 is 0.438 bits per heavy atom. The molecule has 2 heteroatoms. The molecule has 0 aliphatic heterocycles. The van der Waals surface area contributed by atoms with Gasteiger partial charge in [0.05, 0.1) is 11.0 Å². The first-order chi connectivity index (χ1) is 15.8. The molecule has 0 saturated carbocycles. The van der Waals surface area contributed by atoms with Gasteiger partial charge in [0.25, 0.3) is 0 Å². The molecule has 0 amide bonds. The first-order valence-electron chi connectivity index (χ1n) is 10.7. The normalized spacial score (nSPS) is 11.3. The van der Waals surface area contributed by atoms with Gasteiger partial charge in [-0.3, -0.25) is 0 Å². The summed E-state index contributed by atoms with van der Waals surface area (Å²) >= 11 is 3.59. The van der Waals surface area contributed by atoms with E-state index in [0.29, 0.717) is 0 Å². The molecular formula is C30H20BrN. The van der Waals surface area contributed by atoms with Crippen LogP contribution in [0.5, 0.6) is 0 Å². The summed E-state index contributed by atoms with van der Waals surface area (Å²) in [6.07, 6.45) is 0. The Hall–Kier alpha value is -3.62. The molecule has 0 N–H and O–H groups in total. The van der Waals surface area contributed by atoms with E-state index in [2.05, 4.69) is 142 Å². The lowest BCUT2D eigenvalue weighted by atomic mass is 9.98. The van der Waals surface area contributed by atoms with Crippen molar-refractivity contribution in [1.82, 2.24) is 4.57 Å². The summed E-state index contributed by atoms with van der Waals surface area (Å²) in [4.78, 5) is 0. The molecule has 0 aliphatic carbocycles. The van der Waals surface area contributed by atoms with Gasteiger partial charge in [-0.2, -0.15) is 0 Å². The number of rotatable bonds is 3. The first kappa shape index (κ1) is 19.1. The summed E-state index contributed by atoms with van der Waals surface area (Å²) in [6.45, 7) is 0. The molecule has 6 rings (SSSR count). The molecule has 0 radical (unpaired) electrons. The fraction of sp³-hybridized carbons (Fsp3) is 0. The van der Waals surface area contributed by atoms with E-state index in [-0.39, 0.29) is 0 Å². The predicted octanol–water partition coefficient (Wildman–Crippen LogP) is 8.88. The van der Waals surface area contributed by atoms with Crippen LogP contribution in [0.4, 0.5) is 0 Å². The average molecular weight is 474 g/mol. The Labute approximate surface area is 195 Å². The molecule has 1 nitrogen and oxygen atoms in total. The van der Waals surface area contributed by atoms with E-state index < -0.39 is 0 Å². The van der Waals surface area contributed by atoms with Crippen LogP contribution in [0.25, 0.3) is 49.7 Å². The molecule has 1 aromatic heterocycles. The lowest BCUT2D eigenvalue weighted by Gasteiger charge is -2.10. The van der Waals surface area contributed by atoms with E-state index in [1.54, 1.807) is 0 Å². The summed E-state index contributed by atoms with van der Waals surface area (Å²) in [5.41, 5.74) is 8.49. The maximum atomic E-state index is 3.59. The van der Waals surface area contributed by atoms with Gasteiger partial charge in [0.1, 0.15) is 0 Å². The van der Waals surface area contributed by atoms with Crippen molar-refractivity contribution in [2.45, 2.75) is 0 Å². The molecule has 32 heavy (non-hydrogen) atoms. The van der Waals surface area contributed by atoms with Gasteiger partial charge in [0.2, 0.25) is 0 Å². The largest absolute Gasteiger partial charge is 0.309 e. The second-order valence-electron chi connectivity index (χ2n) is 8.01. The van der Waals surface area contributed by atoms with Gasteiger partial charge in [-0.25, -0.2) is 0 Å². The molecule has 152 valence electrons. The molecule has 0 aliphatic rings. The van der Waals surface area contributed by atoms with Crippen molar-refractivity contribution in [2.75, 3.05) is 0 Å². The Morgan fingerprint density at radius 3 is 1.84 bits per heavy atom. The molecular weight excluding hydrogens is 454 g/mol. The minimum atomic E-state index is 1.09. The van der Waals surface area contributed by atoms with Crippen LogP contribution in [0.2, 0.25) is 0 Å². The minimum absolute atomic E-state index is 1.09. The van der Waals surface area contributed by atoms with Crippen LogP contribution >= 0.6 is 15.9 Å². The Kier molecular flexibility index (Phi) is 4.66. The molecule has 0 bridgehead atoms. The van der Waals surface area contributed by atoms with Gasteiger partial charge in [0, 0.05) is 20.9 Å². The summed E-state index contributed by atoms with van der Waals surface area (Å²) in [6, 6.07) is 43.3. The molecule has 0 saturated heterocycles. The smallest absolute Gasteiger partial charge is 0.0547 e. The number of benzene rings is 5. The molecule has 6 aromatic rings. The van der Waals surface area contributed by atoms with Gasteiger partial charge in [-0.05, 0) is 64.7 Å². The third-order valence-electron chi connectivity index (χ3n) is 6.04. The summed E-state index contributed by atoms with van der Waals surface area (Å²) < 4.78 is 3.46. The lowest BCUT2D eigenvalue weighted by molar-refractivity contribution is 1.18. The first-order valence-corrected chi connectivity index (χ1v) is 11.5. The van der Waals surface area contributed by atoms with Gasteiger partial charge in [-0.15, -0.1) is 0 Å². The fourth-order valence-electron chi connectivity index (χ4n) is 4.55. The molecule has 0 atom stereocenters. The van der Waals surface area contributed by atoms with Crippen LogP contribution in [0.1, 0.15) is 0 Å². The second-order valence-corrected chi connectivity index (χ2v) is 8.93. The highest BCUT2D eigenvalue weighted by molar-refractivity contribution is 9.10. The lowest BCUT2D eigenvalue weighted by Crippen LogP contribution is -1.93. The van der Waals surface area contributed by atoms with E-state index in [4.69, 9.17) is 0 Å². The Bertz CT molecular complexity index is 1580. The second kappa shape index (κ2) is 7.81. The SMILES string of the molecule is Brc1cccc(-c2cccc(-c3ccc4c5ccccc5n(-c5ccccc5)c4c3)c2)c1. The van der Waals surface area contributed by atoms with Gasteiger partial charge < -0.3 is 4.57 Å². The zero-order chi connectivity index (χ0) is 21.5. The fourth-order valence-corrected chi connectivity index (χ4v) is 4.95. The van der Waals surface area contributed by atoms with Crippen LogP contribution in [0, 0.1) is 0 Å². The topological polar surface area (TPSA) is 4.93 Å². The van der Waals surface area contributed by atoms with Crippen molar-refractivity contribution in [1.29, 1.82) is 0 Å². The van der Waals surface area contributed by atoms with Crippen molar-refractivity contribution in [3.8, 4) is 27.9 Å². The maximum Gasteiger partial charge on any atom is 0.0547 e. The van der Waals surface area contributed by atoms with Crippen LogP contribution in [0.3, 0.4) is 0 Å². The molecule has 1 heterocycles. The molecule has 0 fully saturated rings. The van der Waals surface area contributed by atoms with Crippen LogP contribution in [0.15, 0.2) is 126 Å². The molecule has 0 spiro atoms. The van der Waals surface area contributed by atoms with Crippen LogP contribution in [-0.2, 0) is 0 Å². The van der Waals surface area contributed by atoms with Crippen LogP contribution < -0.4 is 0 Å². The standard InChI is InChI=1S/C30H20BrN/c31-25-11-7-10-23(19-25)21-8-6-9-22(18-21)24-16-17-28-27-14-4-5-15-29(27)32(30(28)20-24)26-12-2-1-3-13-26/h1-20H. The number of nitrogens with zero attached hydrogens (tertiary/aromatic N) is 1. The summed E-state index contributed by atoms with van der Waals surface area (Å²) in [5.74, 6) is 0. The van der Waals surface area contributed by atoms with Gasteiger partial charge >= 0.3 is 0 Å². The Morgan fingerprint density at radius 2 is 1.06 bits per heavy atom. The highest BCUT2D eigenvalue weighted by Gasteiger charge is 2.13. The molecule has 0 unspecified atom stereocenters. The van der Waals surface area contributed by atoms with Crippen molar-refractivity contribution >= 4 is 37.7 Å². The summed E-state index contributed by atoms with van der Waals surface area (Å²) in [7, 11) is 0. The quantitative estimate of drug-likeness (QED) is 0.241. The van der Waals surface area contributed by atoms with Crippen molar-refractivity contribution in [2.24, 2.45) is 0 Å². The third-order valence-corrected chi connectivity index (χ3v) is 6.54. The average Bonchev–Trinajstić information content (AvgIpc) is 3.18. The molecule has 5 aromatic carbocycles. The maximum absolute atomic E-state index is 3.59. The van der Waals surface area contributed by atoms with E-state index in [0.717, 1.165) is 4.47 Å². The number of hydrogen-bond acceptors (Lipinski definition) is 0. The van der Waals surface area contributed by atoms with Crippen molar-refractivity contribution in [3.63, 3.8) is 0 Å². The zero-order valence-electron chi connectivity index (χ0n) is 17.4. The monoisotopic (exact) mass is 473 g/mol. The summed E-state index contributed by atoms with van der Waals surface area (Å²) in [5, 5.41) is 2.55. The predicted molar refractivity (Wildman–Crippen MR) is 139 cm³/mol. The highest BCUT2D eigenvalue weighted by atomic mass is 79.9. The minimum Gasteiger partial charge on any atom is -0.309 e. The zero-order valence-corrected chi connectivity index (χ0v) is 19.0. The van der Waals surface area contributed by atoms with E-state index in [1.165, 1.54) is 49.7 Å². The number of aromatic nitrogens is 1. The van der Waals surface area contributed by atoms with E-state index >= 15 is 0 Å². The number of halogens is 1. The van der Waals surface area contributed by atoms with E-state index in [1.807, 2.05) is 0 Å². The van der Waals surface area contributed by atoms with Crippen LogP contribution in [-0.4, -0.2) is 4.57 Å². The van der Waals surface area contributed by atoms with Crippen molar-refractivity contribution < 1.29 is 0 Å². The number of fused-ring (bicyclic) bond motifs is 3. The van der Waals surface area contributed by atoms with Crippen molar-refractivity contribution in [3.05, 3.63) is 126 Å².